The number of hydrogen-bond acceptors (Lipinski definition) is 5. The van der Waals surface area contributed by atoms with E-state index in [4.69, 9.17) is 9.47 Å². The molecule has 2 aromatic carbocycles. The number of carbonyl (C=O) groups excluding carboxylic acids is 1. The Hall–Kier alpha value is -2.81. The van der Waals surface area contributed by atoms with E-state index in [0.717, 1.165) is 22.2 Å². The third-order valence-electron chi connectivity index (χ3n) is 4.58. The van der Waals surface area contributed by atoms with E-state index in [2.05, 4.69) is 5.32 Å². The van der Waals surface area contributed by atoms with E-state index in [1.165, 1.54) is 25.1 Å². The number of nitrogens with one attached hydrogen (secondary N) is 1. The molecule has 0 unspecified atom stereocenters. The molecular weight excluding hydrogens is 399 g/mol. The molecule has 156 valence electrons. The molecule has 1 N–H and O–H groups in total. The first-order valence-corrected chi connectivity index (χ1v) is 11.0. The number of nitrogens with zero attached hydrogens (tertiary/aromatic N) is 1. The monoisotopic (exact) mass is 422 g/mol. The van der Waals surface area contributed by atoms with Crippen LogP contribution in [0, 0.1) is 5.82 Å². The van der Waals surface area contributed by atoms with Crippen molar-refractivity contribution in [3.05, 3.63) is 53.8 Å². The van der Waals surface area contributed by atoms with Gasteiger partial charge in [-0.3, -0.25) is 9.10 Å². The summed E-state index contributed by atoms with van der Waals surface area (Å²) in [7, 11) is -3.82. The number of fused-ring (bicyclic) bond motifs is 1. The number of halogens is 1. The predicted octanol–water partition coefficient (Wildman–Crippen LogP) is 2.63. The first kappa shape index (κ1) is 20.9. The number of amides is 1. The Balaban J connectivity index is 1.79. The van der Waals surface area contributed by atoms with Crippen LogP contribution in [0.1, 0.15) is 25.5 Å². The highest BCUT2D eigenvalue weighted by molar-refractivity contribution is 7.92. The maximum Gasteiger partial charge on any atom is 0.244 e. The molecule has 0 aromatic heterocycles. The Kier molecular flexibility index (Phi) is 5.97. The van der Waals surface area contributed by atoms with E-state index in [1.807, 2.05) is 6.07 Å². The molecule has 0 saturated heterocycles. The van der Waals surface area contributed by atoms with Crippen molar-refractivity contribution >= 4 is 21.6 Å². The number of sulfonamides is 1. The molecule has 1 aliphatic rings. The highest BCUT2D eigenvalue weighted by atomic mass is 32.2. The Morgan fingerprint density at radius 3 is 2.45 bits per heavy atom. The molecule has 1 heterocycles. The lowest BCUT2D eigenvalue weighted by atomic mass is 10.1. The van der Waals surface area contributed by atoms with Crippen LogP contribution in [0.2, 0.25) is 0 Å². The lowest BCUT2D eigenvalue weighted by Gasteiger charge is -2.29. The van der Waals surface area contributed by atoms with Crippen molar-refractivity contribution in [1.82, 2.24) is 5.32 Å². The average molecular weight is 422 g/mol. The van der Waals surface area contributed by atoms with Crippen molar-refractivity contribution in [3.8, 4) is 11.5 Å². The summed E-state index contributed by atoms with van der Waals surface area (Å²) in [5, 5.41) is 2.80. The van der Waals surface area contributed by atoms with E-state index < -0.39 is 33.8 Å². The van der Waals surface area contributed by atoms with Gasteiger partial charge in [0.1, 0.15) is 25.1 Å². The number of benzene rings is 2. The second kappa shape index (κ2) is 8.28. The first-order valence-electron chi connectivity index (χ1n) is 9.11. The van der Waals surface area contributed by atoms with Gasteiger partial charge in [-0.1, -0.05) is 12.1 Å². The molecule has 29 heavy (non-hydrogen) atoms. The molecule has 0 aliphatic carbocycles. The van der Waals surface area contributed by atoms with Crippen molar-refractivity contribution in [2.75, 3.05) is 23.8 Å². The van der Waals surface area contributed by atoms with Gasteiger partial charge in [-0.15, -0.1) is 0 Å². The van der Waals surface area contributed by atoms with Crippen LogP contribution in [0.15, 0.2) is 42.5 Å². The van der Waals surface area contributed by atoms with Crippen LogP contribution < -0.4 is 19.1 Å². The zero-order valence-corrected chi connectivity index (χ0v) is 17.2. The van der Waals surface area contributed by atoms with Gasteiger partial charge < -0.3 is 14.8 Å². The van der Waals surface area contributed by atoms with Crippen molar-refractivity contribution in [3.63, 3.8) is 0 Å². The van der Waals surface area contributed by atoms with Crippen molar-refractivity contribution < 1.29 is 27.1 Å². The van der Waals surface area contributed by atoms with Crippen LogP contribution >= 0.6 is 0 Å². The van der Waals surface area contributed by atoms with Crippen LogP contribution in [-0.2, 0) is 14.8 Å². The summed E-state index contributed by atoms with van der Waals surface area (Å²) in [6.07, 6.45) is 0.978. The molecule has 0 spiro atoms. The number of carbonyl (C=O) groups is 1. The molecule has 7 nitrogen and oxygen atoms in total. The van der Waals surface area contributed by atoms with Gasteiger partial charge in [0.15, 0.2) is 11.5 Å². The molecular formula is C20H23FN2O5S. The van der Waals surface area contributed by atoms with Gasteiger partial charge in [-0.25, -0.2) is 12.8 Å². The van der Waals surface area contributed by atoms with E-state index in [-0.39, 0.29) is 5.69 Å². The number of ether oxygens (including phenoxy) is 2. The summed E-state index contributed by atoms with van der Waals surface area (Å²) in [6, 6.07) is 9.00. The summed E-state index contributed by atoms with van der Waals surface area (Å²) >= 11 is 0. The second-order valence-electron chi connectivity index (χ2n) is 6.85. The largest absolute Gasteiger partial charge is 0.486 e. The normalized spacial score (nSPS) is 15.3. The van der Waals surface area contributed by atoms with Crippen LogP contribution in [0.3, 0.4) is 0 Å². The molecule has 2 atom stereocenters. The minimum atomic E-state index is -3.82. The number of hydrogen-bond donors (Lipinski definition) is 1. The summed E-state index contributed by atoms with van der Waals surface area (Å²) in [5.41, 5.74) is 0.869. The minimum Gasteiger partial charge on any atom is -0.486 e. The standard InChI is InChI=1S/C20H23FN2O5S/c1-13(15-7-8-18-19(11-15)28-10-9-27-18)22-20(24)14(2)23(29(3,25)26)17-6-4-5-16(21)12-17/h4-8,11-14H,9-10H2,1-3H3,(H,22,24)/t13-,14-/m1/s1. The highest BCUT2D eigenvalue weighted by Gasteiger charge is 2.30. The number of rotatable bonds is 6. The predicted molar refractivity (Wildman–Crippen MR) is 107 cm³/mol. The fraction of sp³-hybridized carbons (Fsp3) is 0.350. The van der Waals surface area contributed by atoms with Crippen molar-refractivity contribution in [2.24, 2.45) is 0 Å². The van der Waals surface area contributed by atoms with Crippen molar-refractivity contribution in [1.29, 1.82) is 0 Å². The van der Waals surface area contributed by atoms with Crippen molar-refractivity contribution in [2.45, 2.75) is 25.9 Å². The maximum atomic E-state index is 13.6. The van der Waals surface area contributed by atoms with E-state index in [9.17, 15) is 17.6 Å². The molecule has 0 radical (unpaired) electrons. The van der Waals surface area contributed by atoms with Gasteiger partial charge in [0.25, 0.3) is 0 Å². The molecule has 1 amide bonds. The molecule has 0 saturated carbocycles. The lowest BCUT2D eigenvalue weighted by molar-refractivity contribution is -0.122. The van der Waals surface area contributed by atoms with E-state index in [1.54, 1.807) is 19.1 Å². The fourth-order valence-electron chi connectivity index (χ4n) is 3.17. The molecule has 9 heteroatoms. The Morgan fingerprint density at radius 1 is 1.10 bits per heavy atom. The molecule has 1 aliphatic heterocycles. The zero-order chi connectivity index (χ0) is 21.2. The Bertz CT molecular complexity index is 1010. The zero-order valence-electron chi connectivity index (χ0n) is 16.4. The highest BCUT2D eigenvalue weighted by Crippen LogP contribution is 2.32. The third kappa shape index (κ3) is 4.79. The Morgan fingerprint density at radius 2 is 1.79 bits per heavy atom. The lowest BCUT2D eigenvalue weighted by Crippen LogP contribution is -2.48. The van der Waals surface area contributed by atoms with Crippen LogP contribution in [-0.4, -0.2) is 39.8 Å². The quantitative estimate of drug-likeness (QED) is 0.774. The topological polar surface area (TPSA) is 84.9 Å². The van der Waals surface area contributed by atoms with E-state index >= 15 is 0 Å². The summed E-state index contributed by atoms with van der Waals surface area (Å²) in [5.74, 6) is 0.136. The average Bonchev–Trinajstić information content (AvgIpc) is 2.66. The smallest absolute Gasteiger partial charge is 0.244 e. The summed E-state index contributed by atoms with van der Waals surface area (Å²) < 4.78 is 50.2. The van der Waals surface area contributed by atoms with Gasteiger partial charge in [0.2, 0.25) is 15.9 Å². The molecule has 0 fully saturated rings. The van der Waals surface area contributed by atoms with Gasteiger partial charge in [0, 0.05) is 0 Å². The number of anilines is 1. The molecule has 0 bridgehead atoms. The van der Waals surface area contributed by atoms with Crippen LogP contribution in [0.25, 0.3) is 0 Å². The summed E-state index contributed by atoms with van der Waals surface area (Å²) in [6.45, 7) is 4.17. The van der Waals surface area contributed by atoms with Crippen LogP contribution in [0.5, 0.6) is 11.5 Å². The van der Waals surface area contributed by atoms with Gasteiger partial charge in [-0.2, -0.15) is 0 Å². The molecule has 2 aromatic rings. The fourth-order valence-corrected chi connectivity index (χ4v) is 4.34. The van der Waals surface area contributed by atoms with Gasteiger partial charge in [0.05, 0.1) is 18.0 Å². The first-order chi connectivity index (χ1) is 13.7. The summed E-state index contributed by atoms with van der Waals surface area (Å²) in [4.78, 5) is 12.8. The third-order valence-corrected chi connectivity index (χ3v) is 5.82. The molecule has 3 rings (SSSR count). The van der Waals surface area contributed by atoms with Gasteiger partial charge in [-0.05, 0) is 49.7 Å². The maximum absolute atomic E-state index is 13.6. The minimum absolute atomic E-state index is 0.0853. The SMILES string of the molecule is C[C@H](C(=O)N[C@H](C)c1ccc2c(c1)OCCO2)N(c1cccc(F)c1)S(C)(=O)=O. The van der Waals surface area contributed by atoms with Gasteiger partial charge >= 0.3 is 0 Å². The Labute approximate surface area is 169 Å². The second-order valence-corrected chi connectivity index (χ2v) is 8.71. The van der Waals surface area contributed by atoms with E-state index in [0.29, 0.717) is 24.7 Å². The van der Waals surface area contributed by atoms with Crippen LogP contribution in [0.4, 0.5) is 10.1 Å².